The molecule has 0 heterocycles. The van der Waals surface area contributed by atoms with Gasteiger partial charge >= 0.3 is 0 Å². The summed E-state index contributed by atoms with van der Waals surface area (Å²) in [5, 5.41) is 8.78. The van der Waals surface area contributed by atoms with E-state index in [1.54, 1.807) is 6.92 Å². The van der Waals surface area contributed by atoms with E-state index >= 15 is 0 Å². The van der Waals surface area contributed by atoms with Crippen molar-refractivity contribution in [2.45, 2.75) is 33.3 Å². The SMILES string of the molecule is CC/C(C)=C/C(C)O. The molecular weight excluding hydrogens is 100 g/mol. The Bertz CT molecular complexity index is 82.4. The Labute approximate surface area is 51.0 Å². The normalized spacial score (nSPS) is 16.2. The highest BCUT2D eigenvalue weighted by Gasteiger charge is 1.87. The molecule has 0 amide bonds. The maximum absolute atomic E-state index is 8.78. The first kappa shape index (κ1) is 7.70. The van der Waals surface area contributed by atoms with Crippen molar-refractivity contribution in [2.75, 3.05) is 0 Å². The number of rotatable bonds is 2. The van der Waals surface area contributed by atoms with E-state index in [0.717, 1.165) is 6.42 Å². The van der Waals surface area contributed by atoms with Gasteiger partial charge in [-0.25, -0.2) is 0 Å². The summed E-state index contributed by atoms with van der Waals surface area (Å²) >= 11 is 0. The van der Waals surface area contributed by atoms with Gasteiger partial charge in [0.15, 0.2) is 0 Å². The van der Waals surface area contributed by atoms with Gasteiger partial charge in [0, 0.05) is 0 Å². The van der Waals surface area contributed by atoms with E-state index in [4.69, 9.17) is 5.11 Å². The molecule has 1 atom stereocenters. The number of hydrogen-bond acceptors (Lipinski definition) is 1. The van der Waals surface area contributed by atoms with Crippen LogP contribution in [0.15, 0.2) is 11.6 Å². The molecule has 0 aromatic heterocycles. The van der Waals surface area contributed by atoms with E-state index < -0.39 is 0 Å². The number of hydrogen-bond donors (Lipinski definition) is 1. The summed E-state index contributed by atoms with van der Waals surface area (Å²) in [4.78, 5) is 0. The average molecular weight is 114 g/mol. The van der Waals surface area contributed by atoms with Gasteiger partial charge in [0.25, 0.3) is 0 Å². The Morgan fingerprint density at radius 1 is 1.75 bits per heavy atom. The maximum Gasteiger partial charge on any atom is 0.0695 e. The zero-order chi connectivity index (χ0) is 6.57. The van der Waals surface area contributed by atoms with Crippen LogP contribution in [0.5, 0.6) is 0 Å². The molecule has 0 radical (unpaired) electrons. The largest absolute Gasteiger partial charge is 0.389 e. The predicted molar refractivity (Wildman–Crippen MR) is 35.7 cm³/mol. The van der Waals surface area contributed by atoms with Crippen molar-refractivity contribution in [2.24, 2.45) is 0 Å². The van der Waals surface area contributed by atoms with Crippen LogP contribution >= 0.6 is 0 Å². The third kappa shape index (κ3) is 3.88. The average Bonchev–Trinajstić information content (AvgIpc) is 1.65. The van der Waals surface area contributed by atoms with Crippen molar-refractivity contribution >= 4 is 0 Å². The van der Waals surface area contributed by atoms with Crippen LogP contribution < -0.4 is 0 Å². The van der Waals surface area contributed by atoms with Gasteiger partial charge < -0.3 is 5.11 Å². The van der Waals surface area contributed by atoms with E-state index in [1.807, 2.05) is 13.0 Å². The standard InChI is InChI=1S/C7H14O/c1-4-6(2)5-7(3)8/h5,7-8H,4H2,1-3H3/b6-5+. The Kier molecular flexibility index (Phi) is 3.53. The Balaban J connectivity index is 3.56. The van der Waals surface area contributed by atoms with Crippen LogP contribution in [0.25, 0.3) is 0 Å². The molecule has 1 N–H and O–H groups in total. The maximum atomic E-state index is 8.78. The number of allylic oxidation sites excluding steroid dienone is 1. The van der Waals surface area contributed by atoms with Gasteiger partial charge in [0.05, 0.1) is 6.10 Å². The van der Waals surface area contributed by atoms with Crippen molar-refractivity contribution in [1.82, 2.24) is 0 Å². The molecule has 0 aromatic rings. The molecule has 0 fully saturated rings. The van der Waals surface area contributed by atoms with Crippen LogP contribution in [0.3, 0.4) is 0 Å². The van der Waals surface area contributed by atoms with Crippen LogP contribution in [0, 0.1) is 0 Å². The highest BCUT2D eigenvalue weighted by Crippen LogP contribution is 1.98. The number of aliphatic hydroxyl groups excluding tert-OH is 1. The molecule has 0 aliphatic carbocycles. The van der Waals surface area contributed by atoms with Crippen LogP contribution in [-0.4, -0.2) is 11.2 Å². The Hall–Kier alpha value is -0.300. The first-order chi connectivity index (χ1) is 3.66. The van der Waals surface area contributed by atoms with Crippen LogP contribution in [0.2, 0.25) is 0 Å². The summed E-state index contributed by atoms with van der Waals surface area (Å²) in [7, 11) is 0. The Morgan fingerprint density at radius 2 is 2.25 bits per heavy atom. The molecule has 8 heavy (non-hydrogen) atoms. The van der Waals surface area contributed by atoms with Gasteiger partial charge in [-0.05, 0) is 20.3 Å². The second kappa shape index (κ2) is 3.67. The van der Waals surface area contributed by atoms with Gasteiger partial charge in [-0.2, -0.15) is 0 Å². The third-order valence-electron chi connectivity index (χ3n) is 1.08. The molecule has 1 unspecified atom stereocenters. The molecule has 0 saturated heterocycles. The fourth-order valence-electron chi connectivity index (χ4n) is 0.530. The molecule has 0 aliphatic heterocycles. The lowest BCUT2D eigenvalue weighted by Gasteiger charge is -1.96. The minimum atomic E-state index is -0.282. The first-order valence-electron chi connectivity index (χ1n) is 3.02. The van der Waals surface area contributed by atoms with Gasteiger partial charge in [-0.1, -0.05) is 18.6 Å². The summed E-state index contributed by atoms with van der Waals surface area (Å²) in [6.45, 7) is 5.86. The lowest BCUT2D eigenvalue weighted by molar-refractivity contribution is 0.243. The first-order valence-corrected chi connectivity index (χ1v) is 3.02. The van der Waals surface area contributed by atoms with Crippen molar-refractivity contribution in [3.63, 3.8) is 0 Å². The zero-order valence-electron chi connectivity index (χ0n) is 5.81. The fraction of sp³-hybridized carbons (Fsp3) is 0.714. The topological polar surface area (TPSA) is 20.2 Å². The van der Waals surface area contributed by atoms with Gasteiger partial charge in [-0.15, -0.1) is 0 Å². The lowest BCUT2D eigenvalue weighted by atomic mass is 10.2. The van der Waals surface area contributed by atoms with Crippen molar-refractivity contribution in [1.29, 1.82) is 0 Å². The smallest absolute Gasteiger partial charge is 0.0695 e. The van der Waals surface area contributed by atoms with Crippen LogP contribution in [-0.2, 0) is 0 Å². The second-order valence-electron chi connectivity index (χ2n) is 2.11. The highest BCUT2D eigenvalue weighted by atomic mass is 16.3. The van der Waals surface area contributed by atoms with Crippen LogP contribution in [0.4, 0.5) is 0 Å². The van der Waals surface area contributed by atoms with E-state index in [-0.39, 0.29) is 6.10 Å². The monoisotopic (exact) mass is 114 g/mol. The fourth-order valence-corrected chi connectivity index (χ4v) is 0.530. The lowest BCUT2D eigenvalue weighted by Crippen LogP contribution is -1.93. The third-order valence-corrected chi connectivity index (χ3v) is 1.08. The van der Waals surface area contributed by atoms with Gasteiger partial charge in [0.2, 0.25) is 0 Å². The molecule has 0 rings (SSSR count). The van der Waals surface area contributed by atoms with Gasteiger partial charge in [-0.3, -0.25) is 0 Å². The molecule has 1 nitrogen and oxygen atoms in total. The van der Waals surface area contributed by atoms with E-state index in [9.17, 15) is 0 Å². The zero-order valence-corrected chi connectivity index (χ0v) is 5.81. The molecule has 0 aromatic carbocycles. The summed E-state index contributed by atoms with van der Waals surface area (Å²) in [6, 6.07) is 0. The predicted octanol–water partition coefficient (Wildman–Crippen LogP) is 1.72. The quantitative estimate of drug-likeness (QED) is 0.542. The van der Waals surface area contributed by atoms with E-state index in [2.05, 4.69) is 6.92 Å². The van der Waals surface area contributed by atoms with Crippen molar-refractivity contribution in [3.05, 3.63) is 11.6 Å². The second-order valence-corrected chi connectivity index (χ2v) is 2.11. The minimum absolute atomic E-state index is 0.282. The molecule has 0 spiro atoms. The van der Waals surface area contributed by atoms with Gasteiger partial charge in [0.1, 0.15) is 0 Å². The molecule has 0 bridgehead atoms. The molecule has 1 heteroatoms. The van der Waals surface area contributed by atoms with Crippen molar-refractivity contribution in [3.8, 4) is 0 Å². The summed E-state index contributed by atoms with van der Waals surface area (Å²) in [6.07, 6.45) is 2.61. The van der Waals surface area contributed by atoms with Crippen LogP contribution in [0.1, 0.15) is 27.2 Å². The van der Waals surface area contributed by atoms with E-state index in [1.165, 1.54) is 5.57 Å². The van der Waals surface area contributed by atoms with Crippen molar-refractivity contribution < 1.29 is 5.11 Å². The molecule has 0 saturated carbocycles. The highest BCUT2D eigenvalue weighted by molar-refractivity contribution is 4.99. The summed E-state index contributed by atoms with van der Waals surface area (Å²) < 4.78 is 0. The van der Waals surface area contributed by atoms with E-state index in [0.29, 0.717) is 0 Å². The molecule has 0 aliphatic rings. The number of aliphatic hydroxyl groups is 1. The molecular formula is C7H14O. The summed E-state index contributed by atoms with van der Waals surface area (Å²) in [5.74, 6) is 0. The molecule has 48 valence electrons. The minimum Gasteiger partial charge on any atom is -0.389 e. The summed E-state index contributed by atoms with van der Waals surface area (Å²) in [5.41, 5.74) is 1.25. The Morgan fingerprint density at radius 3 is 2.38 bits per heavy atom.